The van der Waals surface area contributed by atoms with Gasteiger partial charge < -0.3 is 14.8 Å². The first kappa shape index (κ1) is 19.9. The van der Waals surface area contributed by atoms with E-state index in [1.54, 1.807) is 30.3 Å². The van der Waals surface area contributed by atoms with E-state index >= 15 is 0 Å². The van der Waals surface area contributed by atoms with E-state index in [-0.39, 0.29) is 18.2 Å². The molecule has 0 saturated carbocycles. The average molecular weight is 410 g/mol. The van der Waals surface area contributed by atoms with E-state index in [0.29, 0.717) is 16.7 Å². The van der Waals surface area contributed by atoms with Gasteiger partial charge in [0.1, 0.15) is 5.75 Å². The molecule has 0 spiro atoms. The van der Waals surface area contributed by atoms with Gasteiger partial charge in [0.25, 0.3) is 0 Å². The van der Waals surface area contributed by atoms with Gasteiger partial charge in [-0.1, -0.05) is 42.5 Å². The predicted molar refractivity (Wildman–Crippen MR) is 116 cm³/mol. The van der Waals surface area contributed by atoms with E-state index in [1.165, 1.54) is 0 Å². The lowest BCUT2D eigenvalue weighted by Crippen LogP contribution is -2.07. The number of ether oxygens (including phenoxy) is 1. The average Bonchev–Trinajstić information content (AvgIpc) is 3.13. The summed E-state index contributed by atoms with van der Waals surface area (Å²) >= 11 is 0. The fourth-order valence-corrected chi connectivity index (χ4v) is 3.20. The zero-order chi connectivity index (χ0) is 21.8. The van der Waals surface area contributed by atoms with Crippen LogP contribution in [0.2, 0.25) is 0 Å². The number of nitrogens with one attached hydrogen (secondary N) is 1. The van der Waals surface area contributed by atoms with Crippen LogP contribution in [0.15, 0.2) is 77.0 Å². The highest BCUT2D eigenvalue weighted by Gasteiger charge is 2.12. The molecule has 1 aromatic heterocycles. The molecular weight excluding hydrogens is 392 g/mol. The predicted octanol–water partition coefficient (Wildman–Crippen LogP) is 5.41. The van der Waals surface area contributed by atoms with Crippen LogP contribution in [0.4, 0.5) is 5.69 Å². The van der Waals surface area contributed by atoms with Crippen LogP contribution in [0.25, 0.3) is 22.0 Å². The molecule has 1 heterocycles. The van der Waals surface area contributed by atoms with Crippen molar-refractivity contribution in [1.29, 1.82) is 5.26 Å². The summed E-state index contributed by atoms with van der Waals surface area (Å²) in [6.45, 7) is 1.63. The first-order valence-corrected chi connectivity index (χ1v) is 9.53. The Morgan fingerprint density at radius 1 is 1.06 bits per heavy atom. The van der Waals surface area contributed by atoms with Crippen LogP contribution in [0.5, 0.6) is 11.6 Å². The number of fused-ring (bicyclic) bond motifs is 1. The molecule has 152 valence electrons. The van der Waals surface area contributed by atoms with Gasteiger partial charge in [-0.25, -0.2) is 0 Å². The maximum atomic E-state index is 12.1. The number of nitrogens with zero attached hydrogens (tertiary/aromatic N) is 3. The molecule has 0 aliphatic rings. The largest absolute Gasteiger partial charge is 0.493 e. The third kappa shape index (κ3) is 4.28. The molecule has 4 rings (SSSR count). The molecule has 0 saturated heterocycles. The summed E-state index contributed by atoms with van der Waals surface area (Å²) < 4.78 is 5.49. The Morgan fingerprint density at radius 3 is 2.42 bits per heavy atom. The molecule has 3 aromatic carbocycles. The number of benzene rings is 3. The second kappa shape index (κ2) is 8.51. The molecule has 0 radical (unpaired) electrons. The second-order valence-corrected chi connectivity index (χ2v) is 6.92. The van der Waals surface area contributed by atoms with Gasteiger partial charge in [-0.3, -0.25) is 4.79 Å². The summed E-state index contributed by atoms with van der Waals surface area (Å²) in [4.78, 5) is 14.9. The number of hydrogen-bond donors (Lipinski definition) is 2. The van der Waals surface area contributed by atoms with E-state index in [1.807, 2.05) is 43.3 Å². The highest BCUT2D eigenvalue weighted by molar-refractivity contribution is 5.96. The Labute approximate surface area is 178 Å². The molecule has 0 atom stereocenters. The number of aromatic nitrogens is 1. The maximum absolute atomic E-state index is 12.1. The van der Waals surface area contributed by atoms with Crippen molar-refractivity contribution >= 4 is 22.5 Å². The first-order chi connectivity index (χ1) is 15.0. The van der Waals surface area contributed by atoms with Crippen LogP contribution in [0, 0.1) is 18.3 Å². The minimum atomic E-state index is -0.572. The van der Waals surface area contributed by atoms with Gasteiger partial charge in [0.15, 0.2) is 12.3 Å². The Balaban J connectivity index is 1.39. The normalized spacial score (nSPS) is 11.0. The SMILES string of the molecule is Cc1cccc2c(N=NC(=O)COc3ccc(-c4ccc(C#N)cc4)cc3)c(O)[nH]c12. The number of aromatic amines is 1. The van der Waals surface area contributed by atoms with Crippen molar-refractivity contribution in [3.8, 4) is 28.8 Å². The fraction of sp³-hybridized carbons (Fsp3) is 0.0833. The standard InChI is InChI=1S/C24H18N4O3/c1-15-3-2-4-20-22(15)26-24(30)23(20)28-27-21(29)14-31-19-11-9-18(10-12-19)17-7-5-16(13-25)6-8-17/h2-12,26,30H,14H2,1H3. The lowest BCUT2D eigenvalue weighted by atomic mass is 10.0. The molecule has 4 aromatic rings. The fourth-order valence-electron chi connectivity index (χ4n) is 3.20. The van der Waals surface area contributed by atoms with Crippen LogP contribution < -0.4 is 4.74 Å². The van der Waals surface area contributed by atoms with Crippen molar-refractivity contribution in [3.63, 3.8) is 0 Å². The van der Waals surface area contributed by atoms with Crippen molar-refractivity contribution < 1.29 is 14.6 Å². The van der Waals surface area contributed by atoms with Crippen molar-refractivity contribution in [1.82, 2.24) is 4.98 Å². The summed E-state index contributed by atoms with van der Waals surface area (Å²) in [5.74, 6) is -0.191. The van der Waals surface area contributed by atoms with Gasteiger partial charge in [-0.05, 0) is 47.9 Å². The number of amides is 1. The number of aromatic hydroxyl groups is 1. The van der Waals surface area contributed by atoms with Gasteiger partial charge >= 0.3 is 5.91 Å². The van der Waals surface area contributed by atoms with E-state index < -0.39 is 5.91 Å². The number of azo groups is 1. The number of carbonyl (C=O) groups is 1. The summed E-state index contributed by atoms with van der Waals surface area (Å²) in [6.07, 6.45) is 0. The molecule has 0 unspecified atom stereocenters. The molecular formula is C24H18N4O3. The second-order valence-electron chi connectivity index (χ2n) is 6.92. The van der Waals surface area contributed by atoms with Gasteiger partial charge in [-0.15, -0.1) is 10.2 Å². The summed E-state index contributed by atoms with van der Waals surface area (Å²) in [5.41, 5.74) is 4.47. The third-order valence-electron chi connectivity index (χ3n) is 4.82. The van der Waals surface area contributed by atoms with Crippen molar-refractivity contribution in [2.75, 3.05) is 6.61 Å². The number of hydrogen-bond acceptors (Lipinski definition) is 5. The van der Waals surface area contributed by atoms with Crippen LogP contribution in [0.1, 0.15) is 11.1 Å². The zero-order valence-electron chi connectivity index (χ0n) is 16.7. The highest BCUT2D eigenvalue weighted by atomic mass is 16.5. The van der Waals surface area contributed by atoms with Crippen molar-refractivity contribution in [2.24, 2.45) is 10.2 Å². The Bertz CT molecular complexity index is 1310. The molecule has 7 nitrogen and oxygen atoms in total. The molecule has 0 aliphatic heterocycles. The van der Waals surface area contributed by atoms with E-state index in [9.17, 15) is 9.90 Å². The number of aryl methyl sites for hydroxylation is 1. The molecule has 0 aliphatic carbocycles. The van der Waals surface area contributed by atoms with E-state index in [2.05, 4.69) is 21.3 Å². The molecule has 0 bridgehead atoms. The molecule has 2 N–H and O–H groups in total. The number of H-pyrrole nitrogens is 1. The van der Waals surface area contributed by atoms with Gasteiger partial charge in [0.2, 0.25) is 5.88 Å². The van der Waals surface area contributed by atoms with E-state index in [4.69, 9.17) is 10.00 Å². The van der Waals surface area contributed by atoms with Crippen molar-refractivity contribution in [3.05, 3.63) is 77.9 Å². The smallest absolute Gasteiger partial charge is 0.302 e. The Morgan fingerprint density at radius 2 is 1.74 bits per heavy atom. The maximum Gasteiger partial charge on any atom is 0.302 e. The highest BCUT2D eigenvalue weighted by Crippen LogP contribution is 2.36. The molecule has 7 heteroatoms. The minimum Gasteiger partial charge on any atom is -0.493 e. The monoisotopic (exact) mass is 410 g/mol. The molecule has 0 fully saturated rings. The van der Waals surface area contributed by atoms with Gasteiger partial charge in [0.05, 0.1) is 17.1 Å². The lowest BCUT2D eigenvalue weighted by Gasteiger charge is -2.05. The minimum absolute atomic E-state index is 0.139. The number of nitriles is 1. The molecule has 31 heavy (non-hydrogen) atoms. The topological polar surface area (TPSA) is 111 Å². The first-order valence-electron chi connectivity index (χ1n) is 9.53. The van der Waals surface area contributed by atoms with Crippen LogP contribution in [0.3, 0.4) is 0 Å². The third-order valence-corrected chi connectivity index (χ3v) is 4.82. The van der Waals surface area contributed by atoms with Crippen LogP contribution >= 0.6 is 0 Å². The zero-order valence-corrected chi connectivity index (χ0v) is 16.7. The molecule has 1 amide bonds. The number of rotatable bonds is 5. The number of para-hydroxylation sites is 1. The van der Waals surface area contributed by atoms with Gasteiger partial charge in [0, 0.05) is 5.39 Å². The van der Waals surface area contributed by atoms with Crippen molar-refractivity contribution in [2.45, 2.75) is 6.92 Å². The van der Waals surface area contributed by atoms with E-state index in [0.717, 1.165) is 22.2 Å². The quantitative estimate of drug-likeness (QED) is 0.429. The van der Waals surface area contributed by atoms with Gasteiger partial charge in [-0.2, -0.15) is 5.26 Å². The lowest BCUT2D eigenvalue weighted by molar-refractivity contribution is -0.120. The summed E-state index contributed by atoms with van der Waals surface area (Å²) in [6, 6.07) is 22.2. The van der Waals surface area contributed by atoms with Crippen LogP contribution in [-0.4, -0.2) is 22.6 Å². The Kier molecular flexibility index (Phi) is 5.45. The summed E-state index contributed by atoms with van der Waals surface area (Å²) in [7, 11) is 0. The number of carbonyl (C=O) groups excluding carboxylic acids is 1. The van der Waals surface area contributed by atoms with Crippen LogP contribution in [-0.2, 0) is 4.79 Å². The summed E-state index contributed by atoms with van der Waals surface area (Å²) in [5, 5.41) is 27.2. The Hall–Kier alpha value is -4.44.